The predicted octanol–water partition coefficient (Wildman–Crippen LogP) is 3.30. The molecule has 20 heavy (non-hydrogen) atoms. The molecule has 0 amide bonds. The normalized spacial score (nSPS) is 27.9. The lowest BCUT2D eigenvalue weighted by atomic mass is 9.94. The van der Waals surface area contributed by atoms with E-state index in [4.69, 9.17) is 9.47 Å². The summed E-state index contributed by atoms with van der Waals surface area (Å²) in [6, 6.07) is 6.79. The molecule has 0 bridgehead atoms. The first-order chi connectivity index (χ1) is 9.52. The fourth-order valence-corrected chi connectivity index (χ4v) is 3.52. The number of fused-ring (bicyclic) bond motifs is 1. The third kappa shape index (κ3) is 3.35. The van der Waals surface area contributed by atoms with E-state index in [0.29, 0.717) is 6.04 Å². The molecule has 110 valence electrons. The van der Waals surface area contributed by atoms with E-state index in [1.807, 2.05) is 6.07 Å². The monoisotopic (exact) mass is 339 g/mol. The Balaban J connectivity index is 1.51. The molecule has 0 aliphatic carbocycles. The number of benzene rings is 1. The van der Waals surface area contributed by atoms with Gasteiger partial charge in [0.15, 0.2) is 0 Å². The summed E-state index contributed by atoms with van der Waals surface area (Å²) in [5.41, 5.74) is 1.30. The zero-order valence-corrected chi connectivity index (χ0v) is 13.7. The zero-order valence-electron chi connectivity index (χ0n) is 12.1. The van der Waals surface area contributed by atoms with Crippen molar-refractivity contribution in [2.24, 2.45) is 0 Å². The van der Waals surface area contributed by atoms with Crippen LogP contribution in [0.15, 0.2) is 22.7 Å². The molecule has 3 rings (SSSR count). The van der Waals surface area contributed by atoms with Crippen LogP contribution >= 0.6 is 15.9 Å². The van der Waals surface area contributed by atoms with Crippen molar-refractivity contribution >= 4 is 15.9 Å². The third-order valence-electron chi connectivity index (χ3n) is 4.10. The first kappa shape index (κ1) is 14.4. The smallest absolute Gasteiger partial charge is 0.123 e. The molecular weight excluding hydrogens is 318 g/mol. The molecule has 2 aliphatic rings. The van der Waals surface area contributed by atoms with Crippen LogP contribution < -0.4 is 10.1 Å². The maximum Gasteiger partial charge on any atom is 0.123 e. The first-order valence-corrected chi connectivity index (χ1v) is 8.13. The molecule has 0 radical (unpaired) electrons. The van der Waals surface area contributed by atoms with Gasteiger partial charge in [0, 0.05) is 30.1 Å². The summed E-state index contributed by atoms with van der Waals surface area (Å²) < 4.78 is 12.9. The molecular formula is C16H22BrNO2. The maximum atomic E-state index is 5.99. The van der Waals surface area contributed by atoms with Gasteiger partial charge in [-0.1, -0.05) is 15.9 Å². The Morgan fingerprint density at radius 1 is 1.40 bits per heavy atom. The van der Waals surface area contributed by atoms with E-state index < -0.39 is 0 Å². The fourth-order valence-electron chi connectivity index (χ4n) is 3.11. The second kappa shape index (κ2) is 5.66. The minimum Gasteiger partial charge on any atom is -0.488 e. The topological polar surface area (TPSA) is 30.5 Å². The molecule has 1 N–H and O–H groups in total. The lowest BCUT2D eigenvalue weighted by molar-refractivity contribution is -0.0635. The summed E-state index contributed by atoms with van der Waals surface area (Å²) in [5.74, 6) is 1.03. The Morgan fingerprint density at radius 2 is 2.25 bits per heavy atom. The molecule has 4 heteroatoms. The molecule has 1 aromatic carbocycles. The van der Waals surface area contributed by atoms with Crippen LogP contribution in [0.2, 0.25) is 0 Å². The summed E-state index contributed by atoms with van der Waals surface area (Å²) >= 11 is 3.51. The molecule has 2 heterocycles. The van der Waals surface area contributed by atoms with E-state index >= 15 is 0 Å². The Morgan fingerprint density at radius 3 is 3.05 bits per heavy atom. The number of ether oxygens (including phenoxy) is 2. The lowest BCUT2D eigenvalue weighted by Gasteiger charge is -2.36. The van der Waals surface area contributed by atoms with Crippen molar-refractivity contribution in [3.05, 3.63) is 28.2 Å². The molecule has 3 nitrogen and oxygen atoms in total. The number of hydrogen-bond acceptors (Lipinski definition) is 3. The standard InChI is InChI=1S/C16H22BrNO2/c1-16(2)9-13(5-6-19-16)18-10-14-8-11-7-12(17)3-4-15(11)20-14/h3-4,7,13-14,18H,5-6,8-10H2,1-2H3. The van der Waals surface area contributed by atoms with Crippen LogP contribution in [0.4, 0.5) is 0 Å². The highest BCUT2D eigenvalue weighted by Crippen LogP contribution is 2.31. The van der Waals surface area contributed by atoms with E-state index in [-0.39, 0.29) is 11.7 Å². The van der Waals surface area contributed by atoms with E-state index in [1.54, 1.807) is 0 Å². The van der Waals surface area contributed by atoms with Gasteiger partial charge in [-0.2, -0.15) is 0 Å². The Kier molecular flexibility index (Phi) is 4.07. The van der Waals surface area contributed by atoms with Crippen LogP contribution in [0.25, 0.3) is 0 Å². The molecule has 1 fully saturated rings. The average molecular weight is 340 g/mol. The van der Waals surface area contributed by atoms with Gasteiger partial charge in [0.1, 0.15) is 11.9 Å². The fraction of sp³-hybridized carbons (Fsp3) is 0.625. The highest BCUT2D eigenvalue weighted by molar-refractivity contribution is 9.10. The SMILES string of the molecule is CC1(C)CC(NCC2Cc3cc(Br)ccc3O2)CCO1. The summed E-state index contributed by atoms with van der Waals surface area (Å²) in [7, 11) is 0. The van der Waals surface area contributed by atoms with Crippen LogP contribution in [-0.2, 0) is 11.2 Å². The molecule has 0 spiro atoms. The molecule has 2 unspecified atom stereocenters. The van der Waals surface area contributed by atoms with E-state index in [0.717, 1.165) is 42.6 Å². The summed E-state index contributed by atoms with van der Waals surface area (Å²) in [6.45, 7) is 6.09. The van der Waals surface area contributed by atoms with Gasteiger partial charge in [0.25, 0.3) is 0 Å². The van der Waals surface area contributed by atoms with Crippen molar-refractivity contribution in [1.82, 2.24) is 5.32 Å². The zero-order chi connectivity index (χ0) is 14.2. The van der Waals surface area contributed by atoms with Crippen LogP contribution in [0.1, 0.15) is 32.3 Å². The van der Waals surface area contributed by atoms with Gasteiger partial charge in [-0.05, 0) is 50.5 Å². The van der Waals surface area contributed by atoms with Gasteiger partial charge < -0.3 is 14.8 Å². The molecule has 2 aliphatic heterocycles. The van der Waals surface area contributed by atoms with Crippen LogP contribution in [-0.4, -0.2) is 30.9 Å². The number of rotatable bonds is 3. The van der Waals surface area contributed by atoms with Gasteiger partial charge in [0.05, 0.1) is 5.60 Å². The summed E-state index contributed by atoms with van der Waals surface area (Å²) in [5, 5.41) is 3.65. The van der Waals surface area contributed by atoms with Gasteiger partial charge in [-0.15, -0.1) is 0 Å². The number of nitrogens with one attached hydrogen (secondary N) is 1. The lowest BCUT2D eigenvalue weighted by Crippen LogP contribution is -2.46. The number of hydrogen-bond donors (Lipinski definition) is 1. The van der Waals surface area contributed by atoms with Crippen molar-refractivity contribution in [3.63, 3.8) is 0 Å². The first-order valence-electron chi connectivity index (χ1n) is 7.34. The van der Waals surface area contributed by atoms with Gasteiger partial charge in [-0.25, -0.2) is 0 Å². The Labute approximate surface area is 129 Å². The van der Waals surface area contributed by atoms with Crippen LogP contribution in [0, 0.1) is 0 Å². The third-order valence-corrected chi connectivity index (χ3v) is 4.59. The van der Waals surface area contributed by atoms with Crippen molar-refractivity contribution in [2.75, 3.05) is 13.2 Å². The van der Waals surface area contributed by atoms with E-state index in [1.165, 1.54) is 5.56 Å². The summed E-state index contributed by atoms with van der Waals surface area (Å²) in [4.78, 5) is 0. The van der Waals surface area contributed by atoms with Gasteiger partial charge >= 0.3 is 0 Å². The van der Waals surface area contributed by atoms with Crippen LogP contribution in [0.3, 0.4) is 0 Å². The molecule has 1 saturated heterocycles. The Hall–Kier alpha value is -0.580. The largest absolute Gasteiger partial charge is 0.488 e. The van der Waals surface area contributed by atoms with Crippen molar-refractivity contribution < 1.29 is 9.47 Å². The van der Waals surface area contributed by atoms with E-state index in [2.05, 4.69) is 47.2 Å². The highest BCUT2D eigenvalue weighted by Gasteiger charge is 2.30. The van der Waals surface area contributed by atoms with Gasteiger partial charge in [-0.3, -0.25) is 0 Å². The van der Waals surface area contributed by atoms with Gasteiger partial charge in [0.2, 0.25) is 0 Å². The maximum absolute atomic E-state index is 5.99. The predicted molar refractivity (Wildman–Crippen MR) is 83.3 cm³/mol. The molecule has 2 atom stereocenters. The van der Waals surface area contributed by atoms with Crippen LogP contribution in [0.5, 0.6) is 5.75 Å². The van der Waals surface area contributed by atoms with Crippen molar-refractivity contribution in [2.45, 2.75) is 50.9 Å². The van der Waals surface area contributed by atoms with E-state index in [9.17, 15) is 0 Å². The Bertz CT molecular complexity index is 489. The summed E-state index contributed by atoms with van der Waals surface area (Å²) in [6.07, 6.45) is 3.41. The average Bonchev–Trinajstić information content (AvgIpc) is 2.77. The minimum atomic E-state index is 0.000275. The highest BCUT2D eigenvalue weighted by atomic mass is 79.9. The second-order valence-corrected chi connectivity index (χ2v) is 7.32. The molecule has 1 aromatic rings. The minimum absolute atomic E-state index is 0.000275. The second-order valence-electron chi connectivity index (χ2n) is 6.40. The molecule has 0 saturated carbocycles. The quantitative estimate of drug-likeness (QED) is 0.916. The van der Waals surface area contributed by atoms with Crippen molar-refractivity contribution in [1.29, 1.82) is 0 Å². The molecule has 0 aromatic heterocycles. The van der Waals surface area contributed by atoms with Crippen molar-refractivity contribution in [3.8, 4) is 5.75 Å². The number of halogens is 1.